The van der Waals surface area contributed by atoms with Gasteiger partial charge in [0, 0.05) is 11.6 Å². The quantitative estimate of drug-likeness (QED) is 0.708. The minimum absolute atomic E-state index is 0.432. The highest BCUT2D eigenvalue weighted by Crippen LogP contribution is 2.32. The molecule has 1 aliphatic carbocycles. The first-order valence-electron chi connectivity index (χ1n) is 6.12. The number of unbranched alkanes of at least 4 members (excludes halogenated alkanes) is 1. The van der Waals surface area contributed by atoms with Crippen LogP contribution in [0.4, 0.5) is 0 Å². The van der Waals surface area contributed by atoms with Crippen LogP contribution in [0.2, 0.25) is 0 Å². The lowest BCUT2D eigenvalue weighted by atomic mass is 9.76. The van der Waals surface area contributed by atoms with Gasteiger partial charge in [0.2, 0.25) is 0 Å². The van der Waals surface area contributed by atoms with Gasteiger partial charge in [0.25, 0.3) is 0 Å². The van der Waals surface area contributed by atoms with Gasteiger partial charge in [-0.1, -0.05) is 26.2 Å². The van der Waals surface area contributed by atoms with E-state index >= 15 is 0 Å². The Labute approximate surface area is 88.8 Å². The third-order valence-electron chi connectivity index (χ3n) is 3.79. The Morgan fingerprint density at radius 1 is 1.36 bits per heavy atom. The summed E-state index contributed by atoms with van der Waals surface area (Å²) in [5.41, 5.74) is 0.432. The average Bonchev–Trinajstić information content (AvgIpc) is 2.26. The van der Waals surface area contributed by atoms with E-state index in [-0.39, 0.29) is 0 Å². The molecule has 0 aliphatic heterocycles. The first-order chi connectivity index (χ1) is 6.76. The molecule has 1 saturated carbocycles. The third kappa shape index (κ3) is 2.96. The van der Waals surface area contributed by atoms with Gasteiger partial charge in [0.1, 0.15) is 0 Å². The maximum Gasteiger partial charge on any atom is 0.0193 e. The first kappa shape index (κ1) is 12.0. The van der Waals surface area contributed by atoms with Crippen LogP contribution in [0.5, 0.6) is 0 Å². The number of rotatable bonds is 5. The summed E-state index contributed by atoms with van der Waals surface area (Å²) in [6, 6.07) is 0.730. The average molecular weight is 198 g/mol. The van der Waals surface area contributed by atoms with E-state index in [9.17, 15) is 0 Å². The van der Waals surface area contributed by atoms with Crippen molar-refractivity contribution >= 4 is 0 Å². The van der Waals surface area contributed by atoms with Gasteiger partial charge in [0.05, 0.1) is 0 Å². The SMILES string of the molecule is CCCCC1(NC)CCCC(NC)C1. The Balaban J connectivity index is 2.49. The fourth-order valence-electron chi connectivity index (χ4n) is 2.70. The molecule has 84 valence electrons. The van der Waals surface area contributed by atoms with Crippen LogP contribution in [0, 0.1) is 0 Å². The topological polar surface area (TPSA) is 24.1 Å². The fraction of sp³-hybridized carbons (Fsp3) is 1.00. The van der Waals surface area contributed by atoms with Crippen LogP contribution in [0.1, 0.15) is 51.9 Å². The molecule has 0 spiro atoms. The summed E-state index contributed by atoms with van der Waals surface area (Å²) in [6.07, 6.45) is 9.41. The first-order valence-corrected chi connectivity index (χ1v) is 6.12. The summed E-state index contributed by atoms with van der Waals surface area (Å²) in [5, 5.41) is 7.01. The maximum absolute atomic E-state index is 3.58. The standard InChI is InChI=1S/C12H26N2/c1-4-5-8-12(14-3)9-6-7-11(10-12)13-2/h11,13-14H,4-10H2,1-3H3. The van der Waals surface area contributed by atoms with E-state index in [0.29, 0.717) is 5.54 Å². The normalized spacial score (nSPS) is 33.2. The summed E-state index contributed by atoms with van der Waals surface area (Å²) in [4.78, 5) is 0. The highest BCUT2D eigenvalue weighted by Gasteiger charge is 2.33. The smallest absolute Gasteiger partial charge is 0.0193 e. The molecule has 0 aromatic carbocycles. The summed E-state index contributed by atoms with van der Waals surface area (Å²) in [5.74, 6) is 0. The molecule has 1 fully saturated rings. The number of hydrogen-bond donors (Lipinski definition) is 2. The van der Waals surface area contributed by atoms with Gasteiger partial charge in [-0.2, -0.15) is 0 Å². The van der Waals surface area contributed by atoms with E-state index in [1.54, 1.807) is 0 Å². The van der Waals surface area contributed by atoms with Crippen LogP contribution in [-0.2, 0) is 0 Å². The molecule has 14 heavy (non-hydrogen) atoms. The Kier molecular flexibility index (Phi) is 4.90. The Morgan fingerprint density at radius 3 is 2.71 bits per heavy atom. The second-order valence-corrected chi connectivity index (χ2v) is 4.72. The molecule has 0 aromatic rings. The lowest BCUT2D eigenvalue weighted by molar-refractivity contribution is 0.193. The second kappa shape index (κ2) is 5.72. The van der Waals surface area contributed by atoms with Crippen LogP contribution in [-0.4, -0.2) is 25.7 Å². The van der Waals surface area contributed by atoms with E-state index in [0.717, 1.165) is 6.04 Å². The van der Waals surface area contributed by atoms with Crippen LogP contribution in [0.25, 0.3) is 0 Å². The summed E-state index contributed by atoms with van der Waals surface area (Å²) in [7, 11) is 4.23. The van der Waals surface area contributed by atoms with Gasteiger partial charge < -0.3 is 10.6 Å². The van der Waals surface area contributed by atoms with E-state index in [2.05, 4.69) is 31.7 Å². The molecule has 0 saturated heterocycles. The zero-order valence-electron chi connectivity index (χ0n) is 10.0. The third-order valence-corrected chi connectivity index (χ3v) is 3.79. The van der Waals surface area contributed by atoms with Crippen LogP contribution in [0.15, 0.2) is 0 Å². The number of nitrogens with one attached hydrogen (secondary N) is 2. The highest BCUT2D eigenvalue weighted by molar-refractivity contribution is 4.94. The summed E-state index contributed by atoms with van der Waals surface area (Å²) < 4.78 is 0. The zero-order valence-corrected chi connectivity index (χ0v) is 10.0. The Hall–Kier alpha value is -0.0800. The molecular formula is C12H26N2. The predicted molar refractivity (Wildman–Crippen MR) is 62.6 cm³/mol. The zero-order chi connectivity index (χ0) is 10.4. The van der Waals surface area contributed by atoms with Gasteiger partial charge in [-0.25, -0.2) is 0 Å². The lowest BCUT2D eigenvalue weighted by Crippen LogP contribution is -2.50. The molecule has 2 N–H and O–H groups in total. The molecule has 1 aliphatic rings. The molecule has 2 heteroatoms. The maximum atomic E-state index is 3.58. The van der Waals surface area contributed by atoms with Crippen LogP contribution < -0.4 is 10.6 Å². The van der Waals surface area contributed by atoms with E-state index in [1.807, 2.05) is 0 Å². The number of hydrogen-bond acceptors (Lipinski definition) is 2. The van der Waals surface area contributed by atoms with Crippen LogP contribution >= 0.6 is 0 Å². The molecular weight excluding hydrogens is 172 g/mol. The van der Waals surface area contributed by atoms with Crippen molar-refractivity contribution in [3.8, 4) is 0 Å². The van der Waals surface area contributed by atoms with Crippen molar-refractivity contribution in [3.05, 3.63) is 0 Å². The van der Waals surface area contributed by atoms with Crippen molar-refractivity contribution in [2.75, 3.05) is 14.1 Å². The molecule has 0 aromatic heterocycles. The van der Waals surface area contributed by atoms with E-state index in [1.165, 1.54) is 44.9 Å². The Bertz CT molecular complexity index is 158. The molecule has 0 radical (unpaired) electrons. The van der Waals surface area contributed by atoms with Crippen molar-refractivity contribution < 1.29 is 0 Å². The molecule has 0 bridgehead atoms. The van der Waals surface area contributed by atoms with Gasteiger partial charge in [-0.05, 0) is 39.8 Å². The second-order valence-electron chi connectivity index (χ2n) is 4.72. The monoisotopic (exact) mass is 198 g/mol. The van der Waals surface area contributed by atoms with Crippen LogP contribution in [0.3, 0.4) is 0 Å². The summed E-state index contributed by atoms with van der Waals surface area (Å²) in [6.45, 7) is 2.28. The molecule has 2 nitrogen and oxygen atoms in total. The Morgan fingerprint density at radius 2 is 2.14 bits per heavy atom. The minimum atomic E-state index is 0.432. The fourth-order valence-corrected chi connectivity index (χ4v) is 2.70. The molecule has 0 heterocycles. The van der Waals surface area contributed by atoms with Crippen molar-refractivity contribution in [1.29, 1.82) is 0 Å². The largest absolute Gasteiger partial charge is 0.317 e. The molecule has 2 atom stereocenters. The van der Waals surface area contributed by atoms with Gasteiger partial charge in [0.15, 0.2) is 0 Å². The predicted octanol–water partition coefficient (Wildman–Crippen LogP) is 2.30. The van der Waals surface area contributed by atoms with Gasteiger partial charge in [-0.3, -0.25) is 0 Å². The highest BCUT2D eigenvalue weighted by atomic mass is 15.0. The lowest BCUT2D eigenvalue weighted by Gasteiger charge is -2.41. The molecule has 0 amide bonds. The van der Waals surface area contributed by atoms with Gasteiger partial charge >= 0.3 is 0 Å². The van der Waals surface area contributed by atoms with Crippen molar-refractivity contribution in [3.63, 3.8) is 0 Å². The van der Waals surface area contributed by atoms with Gasteiger partial charge in [-0.15, -0.1) is 0 Å². The summed E-state index contributed by atoms with van der Waals surface area (Å²) >= 11 is 0. The van der Waals surface area contributed by atoms with Crippen molar-refractivity contribution in [2.45, 2.75) is 63.5 Å². The van der Waals surface area contributed by atoms with Crippen molar-refractivity contribution in [2.24, 2.45) is 0 Å². The minimum Gasteiger partial charge on any atom is -0.317 e. The van der Waals surface area contributed by atoms with E-state index < -0.39 is 0 Å². The van der Waals surface area contributed by atoms with E-state index in [4.69, 9.17) is 0 Å². The molecule has 1 rings (SSSR count). The van der Waals surface area contributed by atoms with Crippen molar-refractivity contribution in [1.82, 2.24) is 10.6 Å². The molecule has 2 unspecified atom stereocenters.